The van der Waals surface area contributed by atoms with E-state index in [1.165, 1.54) is 18.3 Å². The zero-order valence-electron chi connectivity index (χ0n) is 7.40. The summed E-state index contributed by atoms with van der Waals surface area (Å²) in [7, 11) is 0. The van der Waals surface area contributed by atoms with E-state index in [1.807, 2.05) is 6.92 Å². The van der Waals surface area contributed by atoms with E-state index in [1.54, 1.807) is 5.38 Å². The molecule has 0 aromatic carbocycles. The Labute approximate surface area is 80.0 Å². The summed E-state index contributed by atoms with van der Waals surface area (Å²) >= 11 is 1.37. The van der Waals surface area contributed by atoms with Crippen LogP contribution in [0, 0.1) is 0 Å². The van der Waals surface area contributed by atoms with Gasteiger partial charge in [-0.3, -0.25) is 9.59 Å². The molecular weight excluding hydrogens is 188 g/mol. The van der Waals surface area contributed by atoms with Crippen molar-refractivity contribution in [2.45, 2.75) is 19.9 Å². The van der Waals surface area contributed by atoms with E-state index in [2.05, 4.69) is 10.3 Å². The zero-order valence-corrected chi connectivity index (χ0v) is 8.22. The van der Waals surface area contributed by atoms with Gasteiger partial charge in [-0.15, -0.1) is 11.3 Å². The number of nitrogens with zero attached hydrogens (tertiary/aromatic N) is 1. The number of aldehydes is 1. The van der Waals surface area contributed by atoms with Crippen LogP contribution in [-0.4, -0.2) is 17.2 Å². The van der Waals surface area contributed by atoms with Crippen LogP contribution in [-0.2, 0) is 4.79 Å². The highest BCUT2D eigenvalue weighted by Gasteiger charge is 2.10. The number of rotatable bonds is 3. The van der Waals surface area contributed by atoms with Crippen LogP contribution < -0.4 is 5.32 Å². The monoisotopic (exact) mass is 198 g/mol. The van der Waals surface area contributed by atoms with Crippen molar-refractivity contribution >= 4 is 23.5 Å². The number of hydrogen-bond donors (Lipinski definition) is 1. The van der Waals surface area contributed by atoms with Crippen LogP contribution in [0.2, 0.25) is 0 Å². The minimum absolute atomic E-state index is 0.102. The van der Waals surface area contributed by atoms with Gasteiger partial charge in [0, 0.05) is 12.3 Å². The Hall–Kier alpha value is -1.23. The van der Waals surface area contributed by atoms with Crippen molar-refractivity contribution in [3.63, 3.8) is 0 Å². The molecule has 0 saturated carbocycles. The molecule has 1 amide bonds. The average molecular weight is 198 g/mol. The molecule has 1 aromatic heterocycles. The highest BCUT2D eigenvalue weighted by atomic mass is 32.1. The van der Waals surface area contributed by atoms with Gasteiger partial charge in [0.15, 0.2) is 6.29 Å². The molecule has 1 aromatic rings. The molecule has 0 aliphatic rings. The SMILES string of the molecule is CC(=O)N[C@@H](C)c1nc(C=O)cs1. The molecule has 1 N–H and O–H groups in total. The molecule has 1 rings (SSSR count). The Morgan fingerprint density at radius 2 is 2.46 bits per heavy atom. The summed E-state index contributed by atoms with van der Waals surface area (Å²) < 4.78 is 0. The molecule has 0 aliphatic heterocycles. The molecule has 0 radical (unpaired) electrons. The zero-order chi connectivity index (χ0) is 9.84. The predicted molar refractivity (Wildman–Crippen MR) is 49.7 cm³/mol. The van der Waals surface area contributed by atoms with Crippen molar-refractivity contribution in [2.24, 2.45) is 0 Å². The van der Waals surface area contributed by atoms with Crippen LogP contribution in [0.5, 0.6) is 0 Å². The minimum Gasteiger partial charge on any atom is -0.347 e. The second-order valence-electron chi connectivity index (χ2n) is 2.65. The van der Waals surface area contributed by atoms with Gasteiger partial charge in [-0.25, -0.2) is 4.98 Å². The third-order valence-corrected chi connectivity index (χ3v) is 2.50. The second kappa shape index (κ2) is 4.13. The first-order chi connectivity index (χ1) is 6.13. The van der Waals surface area contributed by atoms with E-state index < -0.39 is 0 Å². The van der Waals surface area contributed by atoms with Gasteiger partial charge in [0.1, 0.15) is 10.7 Å². The van der Waals surface area contributed by atoms with Gasteiger partial charge >= 0.3 is 0 Å². The van der Waals surface area contributed by atoms with E-state index in [9.17, 15) is 9.59 Å². The summed E-state index contributed by atoms with van der Waals surface area (Å²) in [5, 5.41) is 5.10. The van der Waals surface area contributed by atoms with Gasteiger partial charge in [-0.1, -0.05) is 0 Å². The summed E-state index contributed by atoms with van der Waals surface area (Å²) in [6.07, 6.45) is 0.695. The van der Waals surface area contributed by atoms with E-state index in [0.717, 1.165) is 5.01 Å². The largest absolute Gasteiger partial charge is 0.347 e. The first kappa shape index (κ1) is 9.85. The molecule has 4 nitrogen and oxygen atoms in total. The van der Waals surface area contributed by atoms with Crippen molar-refractivity contribution in [1.29, 1.82) is 0 Å². The quantitative estimate of drug-likeness (QED) is 0.741. The molecule has 0 aliphatic carbocycles. The Morgan fingerprint density at radius 3 is 2.92 bits per heavy atom. The third kappa shape index (κ3) is 2.62. The number of nitrogens with one attached hydrogen (secondary N) is 1. The molecule has 5 heteroatoms. The van der Waals surface area contributed by atoms with Crippen LogP contribution in [0.4, 0.5) is 0 Å². The first-order valence-corrected chi connectivity index (χ1v) is 4.69. The van der Waals surface area contributed by atoms with Gasteiger partial charge in [0.05, 0.1) is 6.04 Å². The molecule has 0 fully saturated rings. The van der Waals surface area contributed by atoms with Crippen LogP contribution >= 0.6 is 11.3 Å². The predicted octanol–water partition coefficient (Wildman–Crippen LogP) is 1.15. The van der Waals surface area contributed by atoms with E-state index >= 15 is 0 Å². The fraction of sp³-hybridized carbons (Fsp3) is 0.375. The molecule has 0 unspecified atom stereocenters. The Morgan fingerprint density at radius 1 is 1.77 bits per heavy atom. The second-order valence-corrected chi connectivity index (χ2v) is 3.54. The lowest BCUT2D eigenvalue weighted by molar-refractivity contribution is -0.119. The van der Waals surface area contributed by atoms with Gasteiger partial charge < -0.3 is 5.32 Å². The average Bonchev–Trinajstić information content (AvgIpc) is 2.50. The standard InChI is InChI=1S/C8H10N2O2S/c1-5(9-6(2)12)8-10-7(3-11)4-13-8/h3-5H,1-2H3,(H,9,12)/t5-/m0/s1. The highest BCUT2D eigenvalue weighted by molar-refractivity contribution is 7.09. The summed E-state index contributed by atoms with van der Waals surface area (Å²) in [4.78, 5) is 25.0. The highest BCUT2D eigenvalue weighted by Crippen LogP contribution is 2.16. The van der Waals surface area contributed by atoms with Crippen LogP contribution in [0.15, 0.2) is 5.38 Å². The molecule has 0 saturated heterocycles. The Balaban J connectivity index is 2.70. The number of carbonyl (C=O) groups excluding carboxylic acids is 2. The normalized spacial score (nSPS) is 12.2. The molecular formula is C8H10N2O2S. The summed E-state index contributed by atoms with van der Waals surface area (Å²) in [6.45, 7) is 3.28. The van der Waals surface area contributed by atoms with Crippen molar-refractivity contribution in [3.05, 3.63) is 16.1 Å². The van der Waals surface area contributed by atoms with Gasteiger partial charge in [-0.2, -0.15) is 0 Å². The van der Waals surface area contributed by atoms with Crippen molar-refractivity contribution in [2.75, 3.05) is 0 Å². The maximum atomic E-state index is 10.7. The number of hydrogen-bond acceptors (Lipinski definition) is 4. The summed E-state index contributed by atoms with van der Waals surface area (Å²) in [6, 6.07) is -0.129. The molecule has 70 valence electrons. The van der Waals surface area contributed by atoms with E-state index in [-0.39, 0.29) is 11.9 Å². The number of thiazole rings is 1. The lowest BCUT2D eigenvalue weighted by Crippen LogP contribution is -2.23. The smallest absolute Gasteiger partial charge is 0.217 e. The number of carbonyl (C=O) groups is 2. The fourth-order valence-electron chi connectivity index (χ4n) is 0.920. The fourth-order valence-corrected chi connectivity index (χ4v) is 1.69. The molecule has 0 bridgehead atoms. The van der Waals surface area contributed by atoms with Crippen molar-refractivity contribution in [3.8, 4) is 0 Å². The van der Waals surface area contributed by atoms with Gasteiger partial charge in [0.2, 0.25) is 5.91 Å². The van der Waals surface area contributed by atoms with E-state index in [0.29, 0.717) is 12.0 Å². The topological polar surface area (TPSA) is 59.1 Å². The van der Waals surface area contributed by atoms with Crippen molar-refractivity contribution < 1.29 is 9.59 Å². The number of aromatic nitrogens is 1. The lowest BCUT2D eigenvalue weighted by atomic mass is 10.3. The molecule has 13 heavy (non-hydrogen) atoms. The van der Waals surface area contributed by atoms with E-state index in [4.69, 9.17) is 0 Å². The molecule has 1 atom stereocenters. The van der Waals surface area contributed by atoms with Crippen LogP contribution in [0.25, 0.3) is 0 Å². The maximum absolute atomic E-state index is 10.7. The molecule has 0 spiro atoms. The van der Waals surface area contributed by atoms with Crippen molar-refractivity contribution in [1.82, 2.24) is 10.3 Å². The van der Waals surface area contributed by atoms with Gasteiger partial charge in [0.25, 0.3) is 0 Å². The van der Waals surface area contributed by atoms with Crippen LogP contribution in [0.1, 0.15) is 35.4 Å². The first-order valence-electron chi connectivity index (χ1n) is 3.81. The summed E-state index contributed by atoms with van der Waals surface area (Å²) in [5.74, 6) is -0.102. The Kier molecular flexibility index (Phi) is 3.13. The van der Waals surface area contributed by atoms with Crippen LogP contribution in [0.3, 0.4) is 0 Å². The summed E-state index contributed by atoms with van der Waals surface area (Å²) in [5.41, 5.74) is 0.414. The third-order valence-electron chi connectivity index (χ3n) is 1.45. The maximum Gasteiger partial charge on any atom is 0.217 e. The minimum atomic E-state index is -0.129. The molecule has 1 heterocycles. The number of amides is 1. The van der Waals surface area contributed by atoms with Gasteiger partial charge in [-0.05, 0) is 6.92 Å². The Bertz CT molecular complexity index is 322. The lowest BCUT2D eigenvalue weighted by Gasteiger charge is -2.07.